The van der Waals surface area contributed by atoms with Gasteiger partial charge in [0, 0.05) is 6.54 Å². The summed E-state index contributed by atoms with van der Waals surface area (Å²) in [6.07, 6.45) is 2.88. The lowest BCUT2D eigenvalue weighted by Crippen LogP contribution is -2.05. The minimum atomic E-state index is 0.720. The molecule has 0 spiro atoms. The van der Waals surface area contributed by atoms with Gasteiger partial charge >= 0.3 is 0 Å². The molecule has 0 aliphatic carbocycles. The average molecular weight is 177 g/mol. The fraction of sp³-hybridized carbons (Fsp3) is 0.500. The number of aryl methyl sites for hydroxylation is 1. The van der Waals surface area contributed by atoms with E-state index in [1.807, 2.05) is 17.8 Å². The Balaban J connectivity index is 2.66. The number of hydrogen-bond acceptors (Lipinski definition) is 2. The summed E-state index contributed by atoms with van der Waals surface area (Å²) in [7, 11) is 1.89. The van der Waals surface area contributed by atoms with Gasteiger partial charge in [0.2, 0.25) is 0 Å². The van der Waals surface area contributed by atoms with Crippen LogP contribution in [0.15, 0.2) is 12.3 Å². The first-order valence-electron chi connectivity index (χ1n) is 4.53. The molecule has 0 unspecified atom stereocenters. The lowest BCUT2D eigenvalue weighted by Gasteiger charge is -1.98. The van der Waals surface area contributed by atoms with E-state index in [9.17, 15) is 0 Å². The summed E-state index contributed by atoms with van der Waals surface area (Å²) in [4.78, 5) is 0. The van der Waals surface area contributed by atoms with Crippen LogP contribution in [-0.2, 0) is 6.54 Å². The maximum absolute atomic E-state index is 4.18. The fourth-order valence-electron chi connectivity index (χ4n) is 1.05. The van der Waals surface area contributed by atoms with Gasteiger partial charge in [0.05, 0.1) is 12.7 Å². The largest absolute Gasteiger partial charge is 0.309 e. The van der Waals surface area contributed by atoms with Crippen molar-refractivity contribution in [2.45, 2.75) is 19.9 Å². The quantitative estimate of drug-likeness (QED) is 0.694. The lowest BCUT2D eigenvalue weighted by molar-refractivity contribution is 0.597. The molecule has 0 aromatic carbocycles. The van der Waals surface area contributed by atoms with Crippen LogP contribution in [0, 0.1) is 11.8 Å². The molecule has 13 heavy (non-hydrogen) atoms. The van der Waals surface area contributed by atoms with Crippen molar-refractivity contribution in [1.29, 1.82) is 0 Å². The Hall–Kier alpha value is -1.27. The summed E-state index contributed by atoms with van der Waals surface area (Å²) in [5.74, 6) is 6.08. The highest BCUT2D eigenvalue weighted by Gasteiger charge is 1.95. The van der Waals surface area contributed by atoms with E-state index in [2.05, 4.69) is 29.2 Å². The van der Waals surface area contributed by atoms with Crippen LogP contribution >= 0.6 is 0 Å². The first kappa shape index (κ1) is 9.82. The Labute approximate surface area is 79.1 Å². The van der Waals surface area contributed by atoms with Crippen molar-refractivity contribution >= 4 is 0 Å². The second kappa shape index (κ2) is 5.39. The zero-order valence-electron chi connectivity index (χ0n) is 8.17. The van der Waals surface area contributed by atoms with E-state index in [1.165, 1.54) is 0 Å². The van der Waals surface area contributed by atoms with Gasteiger partial charge in [-0.25, -0.2) is 0 Å². The fourth-order valence-corrected chi connectivity index (χ4v) is 1.05. The van der Waals surface area contributed by atoms with Crippen molar-refractivity contribution in [3.8, 4) is 11.8 Å². The van der Waals surface area contributed by atoms with Crippen molar-refractivity contribution in [3.05, 3.63) is 18.0 Å². The second-order valence-electron chi connectivity index (χ2n) is 2.77. The van der Waals surface area contributed by atoms with Crippen molar-refractivity contribution in [3.63, 3.8) is 0 Å². The van der Waals surface area contributed by atoms with Crippen molar-refractivity contribution in [2.75, 3.05) is 13.6 Å². The summed E-state index contributed by atoms with van der Waals surface area (Å²) in [6.45, 7) is 3.79. The minimum Gasteiger partial charge on any atom is -0.309 e. The van der Waals surface area contributed by atoms with Crippen LogP contribution in [0.4, 0.5) is 0 Å². The first-order chi connectivity index (χ1) is 6.38. The second-order valence-corrected chi connectivity index (χ2v) is 2.77. The molecule has 1 rings (SSSR count). The van der Waals surface area contributed by atoms with Gasteiger partial charge in [0.1, 0.15) is 5.69 Å². The molecule has 1 aromatic heterocycles. The molecular weight excluding hydrogens is 162 g/mol. The Morgan fingerprint density at radius 1 is 1.62 bits per heavy atom. The summed E-state index contributed by atoms with van der Waals surface area (Å²) < 4.78 is 1.93. The average Bonchev–Trinajstić information content (AvgIpc) is 2.54. The molecule has 0 amide bonds. The molecule has 0 saturated carbocycles. The summed E-state index contributed by atoms with van der Waals surface area (Å²) in [5, 5.41) is 7.16. The third kappa shape index (κ3) is 2.92. The highest BCUT2D eigenvalue weighted by atomic mass is 15.3. The molecule has 70 valence electrons. The first-order valence-corrected chi connectivity index (χ1v) is 4.53. The van der Waals surface area contributed by atoms with Gasteiger partial charge < -0.3 is 5.32 Å². The van der Waals surface area contributed by atoms with E-state index >= 15 is 0 Å². The number of aromatic nitrogens is 2. The molecule has 0 fully saturated rings. The van der Waals surface area contributed by atoms with Crippen LogP contribution in [0.5, 0.6) is 0 Å². The van der Waals surface area contributed by atoms with E-state index in [0.717, 1.165) is 25.2 Å². The molecular formula is C10H15N3. The normalized spacial score (nSPS) is 9.38. The zero-order valence-corrected chi connectivity index (χ0v) is 8.17. The highest BCUT2D eigenvalue weighted by Crippen LogP contribution is 1.97. The summed E-state index contributed by atoms with van der Waals surface area (Å²) in [6, 6.07) is 1.94. The molecule has 1 heterocycles. The molecule has 0 bridgehead atoms. The zero-order chi connectivity index (χ0) is 9.52. The highest BCUT2D eigenvalue weighted by molar-refractivity contribution is 5.27. The lowest BCUT2D eigenvalue weighted by atomic mass is 10.4. The van der Waals surface area contributed by atoms with Gasteiger partial charge in [-0.2, -0.15) is 5.10 Å². The van der Waals surface area contributed by atoms with Crippen LogP contribution < -0.4 is 5.32 Å². The topological polar surface area (TPSA) is 29.9 Å². The third-order valence-electron chi connectivity index (χ3n) is 1.63. The standard InChI is InChI=1S/C10H15N3/c1-3-9-13-10(6-8-12-13)5-4-7-11-2/h6,8,11H,3,7,9H2,1-2H3. The van der Waals surface area contributed by atoms with Gasteiger partial charge in [0.15, 0.2) is 0 Å². The molecule has 0 atom stereocenters. The maximum atomic E-state index is 4.18. The molecule has 0 aliphatic heterocycles. The Bertz CT molecular complexity index is 303. The maximum Gasteiger partial charge on any atom is 0.111 e. The predicted octanol–water partition coefficient (Wildman–Crippen LogP) is 0.864. The van der Waals surface area contributed by atoms with Gasteiger partial charge in [0.25, 0.3) is 0 Å². The van der Waals surface area contributed by atoms with Gasteiger partial charge in [-0.05, 0) is 25.5 Å². The Morgan fingerprint density at radius 2 is 2.46 bits per heavy atom. The van der Waals surface area contributed by atoms with Crippen molar-refractivity contribution < 1.29 is 0 Å². The minimum absolute atomic E-state index is 0.720. The Kier molecular flexibility index (Phi) is 4.07. The number of rotatable bonds is 3. The van der Waals surface area contributed by atoms with Crippen LogP contribution in [0.2, 0.25) is 0 Å². The van der Waals surface area contributed by atoms with Gasteiger partial charge in [-0.3, -0.25) is 4.68 Å². The molecule has 0 saturated heterocycles. The molecule has 3 heteroatoms. The van der Waals surface area contributed by atoms with Gasteiger partial charge in [-0.15, -0.1) is 0 Å². The predicted molar refractivity (Wildman–Crippen MR) is 53.3 cm³/mol. The molecule has 1 N–H and O–H groups in total. The van der Waals surface area contributed by atoms with Gasteiger partial charge in [-0.1, -0.05) is 12.8 Å². The number of nitrogens with zero attached hydrogens (tertiary/aromatic N) is 2. The van der Waals surface area contributed by atoms with E-state index in [4.69, 9.17) is 0 Å². The molecule has 0 aliphatic rings. The van der Waals surface area contributed by atoms with Crippen LogP contribution in [-0.4, -0.2) is 23.4 Å². The van der Waals surface area contributed by atoms with E-state index in [-0.39, 0.29) is 0 Å². The Morgan fingerprint density at radius 3 is 3.15 bits per heavy atom. The van der Waals surface area contributed by atoms with Crippen LogP contribution in [0.1, 0.15) is 19.0 Å². The summed E-state index contributed by atoms with van der Waals surface area (Å²) in [5.41, 5.74) is 0.997. The molecule has 3 nitrogen and oxygen atoms in total. The van der Waals surface area contributed by atoms with E-state index in [1.54, 1.807) is 6.20 Å². The SMILES string of the molecule is CCCn1nccc1C#CCNC. The van der Waals surface area contributed by atoms with Crippen molar-refractivity contribution in [2.24, 2.45) is 0 Å². The van der Waals surface area contributed by atoms with Crippen molar-refractivity contribution in [1.82, 2.24) is 15.1 Å². The summed E-state index contributed by atoms with van der Waals surface area (Å²) >= 11 is 0. The van der Waals surface area contributed by atoms with Crippen LogP contribution in [0.3, 0.4) is 0 Å². The third-order valence-corrected chi connectivity index (χ3v) is 1.63. The monoisotopic (exact) mass is 177 g/mol. The van der Waals surface area contributed by atoms with Crippen LogP contribution in [0.25, 0.3) is 0 Å². The van der Waals surface area contributed by atoms with E-state index in [0.29, 0.717) is 0 Å². The molecule has 0 radical (unpaired) electrons. The van der Waals surface area contributed by atoms with E-state index < -0.39 is 0 Å². The number of nitrogens with one attached hydrogen (secondary N) is 1. The smallest absolute Gasteiger partial charge is 0.111 e. The molecule has 1 aromatic rings. The number of hydrogen-bond donors (Lipinski definition) is 1.